The zero-order valence-corrected chi connectivity index (χ0v) is 10.7. The second-order valence-electron chi connectivity index (χ2n) is 5.28. The monoisotopic (exact) mass is 249 g/mol. The molecule has 0 bridgehead atoms. The minimum absolute atomic E-state index is 0.272. The fourth-order valence-electron chi connectivity index (χ4n) is 3.20. The van der Waals surface area contributed by atoms with Crippen LogP contribution in [0.1, 0.15) is 34.7 Å². The van der Waals surface area contributed by atoms with Crippen LogP contribution < -0.4 is 0 Å². The summed E-state index contributed by atoms with van der Waals surface area (Å²) in [4.78, 5) is 14.5. The first kappa shape index (κ1) is 11.2. The lowest BCUT2D eigenvalue weighted by molar-refractivity contribution is 0.0887. The Morgan fingerprint density at radius 2 is 2.24 bits per heavy atom. The van der Waals surface area contributed by atoms with Crippen molar-refractivity contribution in [1.82, 2.24) is 4.90 Å². The van der Waals surface area contributed by atoms with Gasteiger partial charge in [0, 0.05) is 29.5 Å². The third-order valence-electron chi connectivity index (χ3n) is 4.12. The minimum atomic E-state index is 0.272. The second-order valence-corrected chi connectivity index (χ2v) is 5.71. The number of likely N-dealkylation sites (tertiary alicyclic amines) is 1. The predicted octanol–water partition coefficient (Wildman–Crippen LogP) is 2.96. The number of carbonyl (C=O) groups excluding carboxylic acids is 1. The average Bonchev–Trinajstić information content (AvgIpc) is 2.30. The van der Waals surface area contributed by atoms with Crippen molar-refractivity contribution in [2.75, 3.05) is 20.1 Å². The molecule has 2 aliphatic rings. The molecular formula is C14H16ClNO. The topological polar surface area (TPSA) is 20.3 Å². The molecule has 0 spiro atoms. The number of likely N-dealkylation sites (N-methyl/N-ethyl adjacent to an activating group) is 1. The molecule has 0 amide bonds. The van der Waals surface area contributed by atoms with Gasteiger partial charge in [-0.2, -0.15) is 0 Å². The third-order valence-corrected chi connectivity index (χ3v) is 4.36. The lowest BCUT2D eigenvalue weighted by atomic mass is 9.71. The van der Waals surface area contributed by atoms with Crippen LogP contribution in [0.5, 0.6) is 0 Å². The molecule has 2 nitrogen and oxygen atoms in total. The van der Waals surface area contributed by atoms with Gasteiger partial charge in [-0.3, -0.25) is 4.79 Å². The van der Waals surface area contributed by atoms with Crippen LogP contribution in [0.25, 0.3) is 0 Å². The summed E-state index contributed by atoms with van der Waals surface area (Å²) in [6.45, 7) is 2.17. The highest BCUT2D eigenvalue weighted by Gasteiger charge is 2.36. The van der Waals surface area contributed by atoms with Crippen molar-refractivity contribution in [2.45, 2.75) is 18.8 Å². The molecule has 3 heteroatoms. The maximum absolute atomic E-state index is 12.1. The molecular weight excluding hydrogens is 234 g/mol. The molecule has 90 valence electrons. The van der Waals surface area contributed by atoms with Crippen LogP contribution in [0, 0.1) is 5.92 Å². The number of nitrogens with zero attached hydrogens (tertiary/aromatic N) is 1. The average molecular weight is 250 g/mol. The van der Waals surface area contributed by atoms with E-state index in [1.165, 1.54) is 5.56 Å². The van der Waals surface area contributed by atoms with Gasteiger partial charge in [0.15, 0.2) is 5.78 Å². The van der Waals surface area contributed by atoms with Gasteiger partial charge in [0.2, 0.25) is 0 Å². The van der Waals surface area contributed by atoms with Gasteiger partial charge in [0.1, 0.15) is 0 Å². The van der Waals surface area contributed by atoms with E-state index in [1.54, 1.807) is 0 Å². The Morgan fingerprint density at radius 3 is 3.06 bits per heavy atom. The van der Waals surface area contributed by atoms with Gasteiger partial charge < -0.3 is 4.90 Å². The summed E-state index contributed by atoms with van der Waals surface area (Å²) in [6, 6.07) is 5.79. The summed E-state index contributed by atoms with van der Waals surface area (Å²) >= 11 is 5.98. The molecule has 0 aromatic heterocycles. The van der Waals surface area contributed by atoms with Gasteiger partial charge >= 0.3 is 0 Å². The molecule has 1 aromatic carbocycles. The Balaban J connectivity index is 2.05. The molecule has 1 fully saturated rings. The quantitative estimate of drug-likeness (QED) is 0.705. The molecule has 0 N–H and O–H groups in total. The van der Waals surface area contributed by atoms with Crippen LogP contribution in [0.15, 0.2) is 18.2 Å². The van der Waals surface area contributed by atoms with E-state index in [9.17, 15) is 4.79 Å². The Kier molecular flexibility index (Phi) is 2.72. The van der Waals surface area contributed by atoms with Crippen molar-refractivity contribution >= 4 is 17.4 Å². The number of piperidine rings is 1. The van der Waals surface area contributed by atoms with Gasteiger partial charge in [-0.25, -0.2) is 0 Å². The van der Waals surface area contributed by atoms with Crippen LogP contribution in [-0.2, 0) is 0 Å². The molecule has 0 saturated carbocycles. The van der Waals surface area contributed by atoms with Crippen molar-refractivity contribution in [1.29, 1.82) is 0 Å². The Labute approximate surface area is 107 Å². The first-order valence-electron chi connectivity index (χ1n) is 6.16. The standard InChI is InChI=1S/C14H16ClNO/c1-16-5-4-9-6-14(17)12-7-10(15)2-3-11(12)13(9)8-16/h2-3,7,9,13H,4-6,8H2,1H3. The smallest absolute Gasteiger partial charge is 0.163 e. The number of hydrogen-bond donors (Lipinski definition) is 0. The molecule has 1 saturated heterocycles. The zero-order chi connectivity index (χ0) is 12.0. The lowest BCUT2D eigenvalue weighted by Crippen LogP contribution is -2.40. The molecule has 0 radical (unpaired) electrons. The SMILES string of the molecule is CN1CCC2CC(=O)c3cc(Cl)ccc3C2C1. The normalized spacial score (nSPS) is 28.7. The summed E-state index contributed by atoms with van der Waals surface area (Å²) in [6.07, 6.45) is 1.83. The summed E-state index contributed by atoms with van der Waals surface area (Å²) in [5.41, 5.74) is 2.07. The molecule has 3 rings (SSSR count). The second kappa shape index (κ2) is 4.11. The van der Waals surface area contributed by atoms with Crippen LogP contribution in [-0.4, -0.2) is 30.8 Å². The molecule has 2 atom stereocenters. The highest BCUT2D eigenvalue weighted by atomic mass is 35.5. The van der Waals surface area contributed by atoms with Crippen LogP contribution in [0.4, 0.5) is 0 Å². The van der Waals surface area contributed by atoms with E-state index in [1.807, 2.05) is 18.2 Å². The van der Waals surface area contributed by atoms with Crippen molar-refractivity contribution in [2.24, 2.45) is 5.92 Å². The van der Waals surface area contributed by atoms with Crippen LogP contribution >= 0.6 is 11.6 Å². The highest BCUT2D eigenvalue weighted by Crippen LogP contribution is 2.41. The van der Waals surface area contributed by atoms with Crippen molar-refractivity contribution < 1.29 is 4.79 Å². The van der Waals surface area contributed by atoms with E-state index in [0.717, 1.165) is 25.1 Å². The minimum Gasteiger partial charge on any atom is -0.306 e. The van der Waals surface area contributed by atoms with Gasteiger partial charge in [-0.05, 0) is 43.6 Å². The maximum atomic E-state index is 12.1. The number of carbonyl (C=O) groups is 1. The van der Waals surface area contributed by atoms with Crippen LogP contribution in [0.2, 0.25) is 5.02 Å². The van der Waals surface area contributed by atoms with E-state index in [4.69, 9.17) is 11.6 Å². The Hall–Kier alpha value is -0.860. The molecule has 1 heterocycles. The number of Topliss-reactive ketones (excluding diaryl/α,β-unsaturated/α-hetero) is 1. The van der Waals surface area contributed by atoms with Gasteiger partial charge in [-0.15, -0.1) is 0 Å². The maximum Gasteiger partial charge on any atom is 0.163 e. The Bertz CT molecular complexity index is 471. The summed E-state index contributed by atoms with van der Waals surface area (Å²) < 4.78 is 0. The lowest BCUT2D eigenvalue weighted by Gasteiger charge is -2.40. The summed E-state index contributed by atoms with van der Waals surface area (Å²) in [7, 11) is 2.15. The molecule has 2 unspecified atom stereocenters. The third kappa shape index (κ3) is 1.90. The van der Waals surface area contributed by atoms with Gasteiger partial charge in [0.05, 0.1) is 0 Å². The highest BCUT2D eigenvalue weighted by molar-refractivity contribution is 6.31. The van der Waals surface area contributed by atoms with E-state index >= 15 is 0 Å². The zero-order valence-electron chi connectivity index (χ0n) is 9.95. The van der Waals surface area contributed by atoms with E-state index in [2.05, 4.69) is 11.9 Å². The number of ketones is 1. The number of halogens is 1. The first-order chi connectivity index (χ1) is 8.15. The molecule has 1 aliphatic heterocycles. The van der Waals surface area contributed by atoms with Gasteiger partial charge in [0.25, 0.3) is 0 Å². The largest absolute Gasteiger partial charge is 0.306 e. The van der Waals surface area contributed by atoms with E-state index in [-0.39, 0.29) is 5.78 Å². The fourth-order valence-corrected chi connectivity index (χ4v) is 3.37. The van der Waals surface area contributed by atoms with E-state index < -0.39 is 0 Å². The van der Waals surface area contributed by atoms with Crippen molar-refractivity contribution in [3.05, 3.63) is 34.3 Å². The number of hydrogen-bond acceptors (Lipinski definition) is 2. The Morgan fingerprint density at radius 1 is 1.41 bits per heavy atom. The predicted molar refractivity (Wildman–Crippen MR) is 68.7 cm³/mol. The van der Waals surface area contributed by atoms with Crippen molar-refractivity contribution in [3.8, 4) is 0 Å². The molecule has 1 aliphatic carbocycles. The van der Waals surface area contributed by atoms with Gasteiger partial charge in [-0.1, -0.05) is 17.7 Å². The fraction of sp³-hybridized carbons (Fsp3) is 0.500. The van der Waals surface area contributed by atoms with Crippen molar-refractivity contribution in [3.63, 3.8) is 0 Å². The summed E-state index contributed by atoms with van der Waals surface area (Å²) in [5.74, 6) is 1.32. The van der Waals surface area contributed by atoms with E-state index in [0.29, 0.717) is 23.3 Å². The summed E-state index contributed by atoms with van der Waals surface area (Å²) in [5, 5.41) is 0.666. The van der Waals surface area contributed by atoms with Crippen LogP contribution in [0.3, 0.4) is 0 Å². The number of benzene rings is 1. The molecule has 1 aromatic rings. The number of fused-ring (bicyclic) bond motifs is 3. The molecule has 17 heavy (non-hydrogen) atoms. The first-order valence-corrected chi connectivity index (χ1v) is 6.54. The number of rotatable bonds is 0.